The van der Waals surface area contributed by atoms with E-state index in [0.717, 1.165) is 16.8 Å². The van der Waals surface area contributed by atoms with Gasteiger partial charge in [0.05, 0.1) is 6.61 Å². The molecule has 0 bridgehead atoms. The smallest absolute Gasteiger partial charge is 0.144 e. The van der Waals surface area contributed by atoms with Crippen molar-refractivity contribution in [3.05, 3.63) is 22.7 Å². The molecule has 58 valence electrons. The topological polar surface area (TPSA) is 9.23 Å². The molecular weight excluding hydrogens is 203 g/mol. The average Bonchev–Trinajstić information content (AvgIpc) is 1.95. The van der Waals surface area contributed by atoms with Crippen LogP contribution in [0.1, 0.15) is 6.92 Å². The van der Waals surface area contributed by atoms with Crippen LogP contribution in [0.15, 0.2) is 22.7 Å². The Bertz CT molecular complexity index is 250. The van der Waals surface area contributed by atoms with Crippen molar-refractivity contribution in [2.45, 2.75) is 6.92 Å². The predicted molar refractivity (Wildman–Crippen MR) is 53.5 cm³/mol. The zero-order chi connectivity index (χ0) is 8.27. The quantitative estimate of drug-likeness (QED) is 0.668. The van der Waals surface area contributed by atoms with E-state index in [4.69, 9.17) is 4.74 Å². The van der Waals surface area contributed by atoms with E-state index in [0.29, 0.717) is 0 Å². The first-order valence-corrected chi connectivity index (χ1v) is 4.42. The summed E-state index contributed by atoms with van der Waals surface area (Å²) < 4.78 is 6.47. The van der Waals surface area contributed by atoms with Crippen LogP contribution in [0, 0.1) is 0 Å². The highest BCUT2D eigenvalue weighted by Gasteiger charge is 1.97. The highest BCUT2D eigenvalue weighted by atomic mass is 79.9. The molecule has 0 saturated carbocycles. The summed E-state index contributed by atoms with van der Waals surface area (Å²) in [7, 11) is 2.04. The molecule has 11 heavy (non-hydrogen) atoms. The molecule has 0 atom stereocenters. The van der Waals surface area contributed by atoms with Gasteiger partial charge in [-0.1, -0.05) is 22.0 Å². The molecule has 0 aromatic heterocycles. The molecule has 0 unspecified atom stereocenters. The molecule has 0 aliphatic carbocycles. The van der Waals surface area contributed by atoms with Crippen molar-refractivity contribution in [2.75, 3.05) is 6.61 Å². The molecule has 3 heteroatoms. The second-order valence-electron chi connectivity index (χ2n) is 2.34. The SMILES string of the molecule is Bc1cc(Br)ccc1OCC. The van der Waals surface area contributed by atoms with Crippen molar-refractivity contribution in [3.8, 4) is 5.75 Å². The van der Waals surface area contributed by atoms with Crippen LogP contribution in [0.25, 0.3) is 0 Å². The number of hydrogen-bond donors (Lipinski definition) is 0. The average molecular weight is 213 g/mol. The highest BCUT2D eigenvalue weighted by Crippen LogP contribution is 2.12. The van der Waals surface area contributed by atoms with Crippen molar-refractivity contribution in [1.82, 2.24) is 0 Å². The Morgan fingerprint density at radius 2 is 2.27 bits per heavy atom. The van der Waals surface area contributed by atoms with E-state index in [2.05, 4.69) is 15.9 Å². The van der Waals surface area contributed by atoms with E-state index >= 15 is 0 Å². The van der Waals surface area contributed by atoms with E-state index in [1.807, 2.05) is 33.0 Å². The van der Waals surface area contributed by atoms with Crippen LogP contribution < -0.4 is 10.2 Å². The lowest BCUT2D eigenvalue weighted by Gasteiger charge is -2.06. The molecule has 0 fully saturated rings. The number of rotatable bonds is 2. The van der Waals surface area contributed by atoms with Gasteiger partial charge in [-0.05, 0) is 24.5 Å². The van der Waals surface area contributed by atoms with Crippen LogP contribution >= 0.6 is 15.9 Å². The maximum atomic E-state index is 5.37. The predicted octanol–water partition coefficient (Wildman–Crippen LogP) is 1.11. The second kappa shape index (κ2) is 3.81. The Morgan fingerprint density at radius 1 is 1.55 bits per heavy atom. The molecule has 1 aromatic rings. The Morgan fingerprint density at radius 3 is 2.82 bits per heavy atom. The van der Waals surface area contributed by atoms with E-state index in [1.54, 1.807) is 0 Å². The van der Waals surface area contributed by atoms with E-state index in [1.165, 1.54) is 5.46 Å². The van der Waals surface area contributed by atoms with Gasteiger partial charge in [0.25, 0.3) is 0 Å². The fourth-order valence-electron chi connectivity index (χ4n) is 0.930. The molecule has 0 heterocycles. The first-order chi connectivity index (χ1) is 5.24. The van der Waals surface area contributed by atoms with Gasteiger partial charge >= 0.3 is 0 Å². The lowest BCUT2D eigenvalue weighted by atomic mass is 9.95. The first kappa shape index (κ1) is 8.66. The number of halogens is 1. The van der Waals surface area contributed by atoms with Gasteiger partial charge in [0.15, 0.2) is 0 Å². The van der Waals surface area contributed by atoms with Gasteiger partial charge in [0.1, 0.15) is 13.6 Å². The Kier molecular flexibility index (Phi) is 3.00. The van der Waals surface area contributed by atoms with Gasteiger partial charge < -0.3 is 4.74 Å². The maximum Gasteiger partial charge on any atom is 0.144 e. The maximum absolute atomic E-state index is 5.37. The molecule has 1 aromatic carbocycles. The van der Waals surface area contributed by atoms with Gasteiger partial charge in [-0.15, -0.1) is 0 Å². The molecule has 1 rings (SSSR count). The third-order valence-corrected chi connectivity index (χ3v) is 1.93. The molecule has 0 spiro atoms. The van der Waals surface area contributed by atoms with Crippen molar-refractivity contribution < 1.29 is 4.74 Å². The van der Waals surface area contributed by atoms with Gasteiger partial charge in [-0.25, -0.2) is 0 Å². The van der Waals surface area contributed by atoms with Crippen LogP contribution in [0.5, 0.6) is 5.75 Å². The van der Waals surface area contributed by atoms with Crippen LogP contribution in [0.4, 0.5) is 0 Å². The van der Waals surface area contributed by atoms with Crippen molar-refractivity contribution in [1.29, 1.82) is 0 Å². The lowest BCUT2D eigenvalue weighted by molar-refractivity contribution is 0.343. The van der Waals surface area contributed by atoms with E-state index in [9.17, 15) is 0 Å². The zero-order valence-corrected chi connectivity index (χ0v) is 8.31. The third kappa shape index (κ3) is 2.26. The summed E-state index contributed by atoms with van der Waals surface area (Å²) in [5.74, 6) is 0.968. The Hall–Kier alpha value is -0.435. The summed E-state index contributed by atoms with van der Waals surface area (Å²) in [6, 6.07) is 6.01. The van der Waals surface area contributed by atoms with Crippen LogP contribution in [-0.2, 0) is 0 Å². The second-order valence-corrected chi connectivity index (χ2v) is 3.26. The van der Waals surface area contributed by atoms with E-state index in [-0.39, 0.29) is 0 Å². The molecule has 0 radical (unpaired) electrons. The summed E-state index contributed by atoms with van der Waals surface area (Å²) in [6.07, 6.45) is 0. The Labute approximate surface area is 76.3 Å². The summed E-state index contributed by atoms with van der Waals surface area (Å²) >= 11 is 3.39. The molecule has 0 saturated heterocycles. The minimum Gasteiger partial charge on any atom is -0.494 e. The summed E-state index contributed by atoms with van der Waals surface area (Å²) in [5.41, 5.74) is 1.17. The first-order valence-electron chi connectivity index (χ1n) is 3.63. The normalized spacial score (nSPS) is 9.64. The number of benzene rings is 1. The molecular formula is C8H10BBrO. The van der Waals surface area contributed by atoms with Gasteiger partial charge in [-0.3, -0.25) is 0 Å². The molecule has 0 amide bonds. The van der Waals surface area contributed by atoms with Crippen molar-refractivity contribution in [2.24, 2.45) is 0 Å². The highest BCUT2D eigenvalue weighted by molar-refractivity contribution is 9.10. The van der Waals surface area contributed by atoms with Gasteiger partial charge in [-0.2, -0.15) is 0 Å². The fourth-order valence-corrected chi connectivity index (χ4v) is 1.41. The van der Waals surface area contributed by atoms with Gasteiger partial charge in [0, 0.05) is 4.47 Å². The fraction of sp³-hybridized carbons (Fsp3) is 0.250. The van der Waals surface area contributed by atoms with Crippen LogP contribution in [-0.4, -0.2) is 14.5 Å². The summed E-state index contributed by atoms with van der Waals surface area (Å²) in [5, 5.41) is 0. The molecule has 1 nitrogen and oxygen atoms in total. The standard InChI is InChI=1S/C8H10BBrO/c1-2-11-8-4-3-6(10)5-7(8)9/h3-5H,2,9H2,1H3. The molecule has 0 aliphatic rings. The number of ether oxygens (including phenoxy) is 1. The molecule has 0 N–H and O–H groups in total. The van der Waals surface area contributed by atoms with Crippen LogP contribution in [0.2, 0.25) is 0 Å². The largest absolute Gasteiger partial charge is 0.494 e. The van der Waals surface area contributed by atoms with Crippen molar-refractivity contribution in [3.63, 3.8) is 0 Å². The molecule has 0 aliphatic heterocycles. The van der Waals surface area contributed by atoms with Crippen LogP contribution in [0.3, 0.4) is 0 Å². The monoisotopic (exact) mass is 212 g/mol. The van der Waals surface area contributed by atoms with Gasteiger partial charge in [0.2, 0.25) is 0 Å². The lowest BCUT2D eigenvalue weighted by Crippen LogP contribution is -2.08. The van der Waals surface area contributed by atoms with Crippen molar-refractivity contribution >= 4 is 29.2 Å². The Balaban J connectivity index is 2.90. The summed E-state index contributed by atoms with van der Waals surface area (Å²) in [6.45, 7) is 2.71. The summed E-state index contributed by atoms with van der Waals surface area (Å²) in [4.78, 5) is 0. The van der Waals surface area contributed by atoms with E-state index < -0.39 is 0 Å². The zero-order valence-electron chi connectivity index (χ0n) is 6.73. The minimum absolute atomic E-state index is 0.725. The number of hydrogen-bond acceptors (Lipinski definition) is 1. The minimum atomic E-state index is 0.725. The third-order valence-electron chi connectivity index (χ3n) is 1.44.